The first-order chi connectivity index (χ1) is 19.4. The van der Waals surface area contributed by atoms with Gasteiger partial charge < -0.3 is 30.2 Å². The number of para-hydroxylation sites is 1. The standard InChI is InChI=1S/C32H40N6O2/c1-36-30-26(13-23(15-28(30)40-2)32(39)37-10-4-5-20(16-33)17-37)35-31(36)27-14-21-6-3-7-25(22-11-24(34)12-22)29(21)38(27)18-19-8-9-19/h3,6-7,13-15,19-20,22,24H,4-5,8-12,16-18,33-34H2,1-2H3/t20-,22?,24?/m0/s1. The number of methoxy groups -OCH3 is 1. The maximum Gasteiger partial charge on any atom is 0.254 e. The lowest BCUT2D eigenvalue weighted by Crippen LogP contribution is -2.42. The first kappa shape index (κ1) is 25.6. The number of rotatable bonds is 7. The van der Waals surface area contributed by atoms with Crippen LogP contribution >= 0.6 is 0 Å². The zero-order valence-corrected chi connectivity index (χ0v) is 23.6. The number of likely N-dealkylation sites (tertiary alicyclic amines) is 1. The number of hydrogen-bond acceptors (Lipinski definition) is 5. The Morgan fingerprint density at radius 1 is 1.10 bits per heavy atom. The van der Waals surface area contributed by atoms with Crippen molar-refractivity contribution < 1.29 is 9.53 Å². The third kappa shape index (κ3) is 4.29. The SMILES string of the molecule is COc1cc(C(=O)N2CCC[C@@H](CN)C2)cc2nc(-c3cc4cccc(C5CC(N)C5)c4n3CC3CC3)n(C)c12. The summed E-state index contributed by atoms with van der Waals surface area (Å²) in [6.07, 6.45) is 6.72. The monoisotopic (exact) mass is 540 g/mol. The van der Waals surface area contributed by atoms with Crippen LogP contribution in [-0.2, 0) is 13.6 Å². The number of amides is 1. The molecule has 2 saturated carbocycles. The van der Waals surface area contributed by atoms with Crippen LogP contribution in [0.4, 0.5) is 0 Å². The van der Waals surface area contributed by atoms with Crippen molar-refractivity contribution in [2.75, 3.05) is 26.7 Å². The molecule has 1 aliphatic heterocycles. The maximum atomic E-state index is 13.6. The minimum Gasteiger partial charge on any atom is -0.494 e. The molecular formula is C32H40N6O2. The van der Waals surface area contributed by atoms with Gasteiger partial charge in [-0.1, -0.05) is 18.2 Å². The number of aromatic nitrogens is 3. The molecule has 40 heavy (non-hydrogen) atoms. The van der Waals surface area contributed by atoms with Crippen LogP contribution in [0.1, 0.15) is 60.4 Å². The highest BCUT2D eigenvalue weighted by Gasteiger charge is 2.32. The zero-order chi connectivity index (χ0) is 27.5. The van der Waals surface area contributed by atoms with E-state index in [-0.39, 0.29) is 5.91 Å². The van der Waals surface area contributed by atoms with Gasteiger partial charge in [-0.25, -0.2) is 4.98 Å². The molecule has 0 radical (unpaired) electrons. The second-order valence-corrected chi connectivity index (χ2v) is 12.3. The van der Waals surface area contributed by atoms with Crippen molar-refractivity contribution in [2.45, 2.75) is 57.0 Å². The number of carbonyl (C=O) groups excluding carboxylic acids is 1. The molecule has 3 heterocycles. The number of nitrogens with two attached hydrogens (primary N) is 2. The molecule has 4 aromatic rings. The molecule has 210 valence electrons. The van der Waals surface area contributed by atoms with E-state index in [2.05, 4.69) is 40.4 Å². The number of ether oxygens (including phenoxy) is 1. The molecule has 2 aromatic heterocycles. The van der Waals surface area contributed by atoms with Crippen LogP contribution in [0.5, 0.6) is 5.75 Å². The molecule has 8 nitrogen and oxygen atoms in total. The summed E-state index contributed by atoms with van der Waals surface area (Å²) in [6.45, 7) is 3.08. The molecule has 0 bridgehead atoms. The van der Waals surface area contributed by atoms with E-state index in [4.69, 9.17) is 21.2 Å². The summed E-state index contributed by atoms with van der Waals surface area (Å²) in [6, 6.07) is 13.1. The highest BCUT2D eigenvalue weighted by molar-refractivity contribution is 6.00. The third-order valence-corrected chi connectivity index (χ3v) is 9.47. The van der Waals surface area contributed by atoms with Gasteiger partial charge in [-0.3, -0.25) is 4.79 Å². The van der Waals surface area contributed by atoms with Crippen LogP contribution in [0, 0.1) is 11.8 Å². The van der Waals surface area contributed by atoms with Gasteiger partial charge in [0, 0.05) is 43.7 Å². The largest absolute Gasteiger partial charge is 0.494 e. The van der Waals surface area contributed by atoms with E-state index in [1.165, 1.54) is 29.3 Å². The Labute approximate surface area is 235 Å². The number of nitrogens with zero attached hydrogens (tertiary/aromatic N) is 4. The molecule has 2 aliphatic carbocycles. The van der Waals surface area contributed by atoms with Crippen molar-refractivity contribution in [3.63, 3.8) is 0 Å². The second-order valence-electron chi connectivity index (χ2n) is 12.3. The smallest absolute Gasteiger partial charge is 0.254 e. The molecular weight excluding hydrogens is 500 g/mol. The van der Waals surface area contributed by atoms with Crippen LogP contribution in [0.3, 0.4) is 0 Å². The highest BCUT2D eigenvalue weighted by Crippen LogP contribution is 2.43. The average molecular weight is 541 g/mol. The van der Waals surface area contributed by atoms with Gasteiger partial charge in [0.1, 0.15) is 11.3 Å². The molecule has 3 aliphatic rings. The van der Waals surface area contributed by atoms with Crippen molar-refractivity contribution >= 4 is 27.8 Å². The average Bonchev–Trinajstić information content (AvgIpc) is 3.62. The highest BCUT2D eigenvalue weighted by atomic mass is 16.5. The number of fused-ring (bicyclic) bond motifs is 2. The van der Waals surface area contributed by atoms with Crippen molar-refractivity contribution in [3.8, 4) is 17.3 Å². The summed E-state index contributed by atoms with van der Waals surface area (Å²) >= 11 is 0. The quantitative estimate of drug-likeness (QED) is 0.356. The lowest BCUT2D eigenvalue weighted by molar-refractivity contribution is 0.0678. The van der Waals surface area contributed by atoms with E-state index >= 15 is 0 Å². The van der Waals surface area contributed by atoms with Gasteiger partial charge in [-0.05, 0) is 86.6 Å². The maximum absolute atomic E-state index is 13.6. The van der Waals surface area contributed by atoms with Gasteiger partial charge in [0.25, 0.3) is 5.91 Å². The molecule has 2 aromatic carbocycles. The van der Waals surface area contributed by atoms with E-state index in [0.717, 1.165) is 61.3 Å². The molecule has 1 amide bonds. The van der Waals surface area contributed by atoms with Crippen molar-refractivity contribution in [1.82, 2.24) is 19.0 Å². The molecule has 1 atom stereocenters. The van der Waals surface area contributed by atoms with Crippen molar-refractivity contribution in [2.24, 2.45) is 30.4 Å². The van der Waals surface area contributed by atoms with Crippen LogP contribution in [0.15, 0.2) is 36.4 Å². The van der Waals surface area contributed by atoms with Gasteiger partial charge in [0.05, 0.1) is 23.8 Å². The molecule has 0 unspecified atom stereocenters. The fraction of sp³-hybridized carbons (Fsp3) is 0.500. The summed E-state index contributed by atoms with van der Waals surface area (Å²) in [5, 5.41) is 1.25. The number of carbonyl (C=O) groups is 1. The van der Waals surface area contributed by atoms with E-state index < -0.39 is 0 Å². The Kier molecular flexibility index (Phi) is 6.35. The Bertz CT molecular complexity index is 1590. The lowest BCUT2D eigenvalue weighted by atomic mass is 9.76. The Morgan fingerprint density at radius 2 is 1.93 bits per heavy atom. The fourth-order valence-electron chi connectivity index (χ4n) is 6.98. The van der Waals surface area contributed by atoms with Crippen LogP contribution in [0.2, 0.25) is 0 Å². The van der Waals surface area contributed by atoms with Crippen molar-refractivity contribution in [1.29, 1.82) is 0 Å². The summed E-state index contributed by atoms with van der Waals surface area (Å²) in [4.78, 5) is 20.7. The lowest BCUT2D eigenvalue weighted by Gasteiger charge is -2.33. The van der Waals surface area contributed by atoms with Gasteiger partial charge >= 0.3 is 0 Å². The Morgan fingerprint density at radius 3 is 2.65 bits per heavy atom. The van der Waals surface area contributed by atoms with Crippen LogP contribution in [-0.4, -0.2) is 57.7 Å². The molecule has 7 rings (SSSR count). The number of hydrogen-bond donors (Lipinski definition) is 2. The van der Waals surface area contributed by atoms with Gasteiger partial charge in [-0.2, -0.15) is 0 Å². The number of imidazole rings is 1. The first-order valence-electron chi connectivity index (χ1n) is 14.9. The summed E-state index contributed by atoms with van der Waals surface area (Å²) in [7, 11) is 3.72. The number of aryl methyl sites for hydroxylation is 1. The van der Waals surface area contributed by atoms with E-state index in [1.807, 2.05) is 17.0 Å². The van der Waals surface area contributed by atoms with Gasteiger partial charge in [0.15, 0.2) is 5.82 Å². The summed E-state index contributed by atoms with van der Waals surface area (Å²) < 4.78 is 10.5. The predicted octanol–water partition coefficient (Wildman–Crippen LogP) is 4.63. The van der Waals surface area contributed by atoms with Gasteiger partial charge in [-0.15, -0.1) is 0 Å². The summed E-state index contributed by atoms with van der Waals surface area (Å²) in [5.74, 6) is 3.18. The topological polar surface area (TPSA) is 104 Å². The van der Waals surface area contributed by atoms with Gasteiger partial charge in [0.2, 0.25) is 0 Å². The summed E-state index contributed by atoms with van der Waals surface area (Å²) in [5.41, 5.74) is 18.3. The van der Waals surface area contributed by atoms with E-state index in [1.54, 1.807) is 7.11 Å². The number of benzene rings is 2. The van der Waals surface area contributed by atoms with E-state index in [9.17, 15) is 4.79 Å². The zero-order valence-electron chi connectivity index (χ0n) is 23.6. The minimum absolute atomic E-state index is 0.0248. The molecule has 4 N–H and O–H groups in total. The molecule has 8 heteroatoms. The van der Waals surface area contributed by atoms with Crippen LogP contribution in [0.25, 0.3) is 33.5 Å². The Balaban J connectivity index is 1.34. The molecule has 1 saturated heterocycles. The second kappa shape index (κ2) is 9.93. The normalized spacial score (nSPS) is 23.1. The van der Waals surface area contributed by atoms with Crippen LogP contribution < -0.4 is 16.2 Å². The molecule has 0 spiro atoms. The Hall–Kier alpha value is -3.36. The first-order valence-corrected chi connectivity index (χ1v) is 14.9. The molecule has 3 fully saturated rings. The number of piperidine rings is 1. The van der Waals surface area contributed by atoms with Crippen molar-refractivity contribution in [3.05, 3.63) is 47.5 Å². The third-order valence-electron chi connectivity index (χ3n) is 9.47. The van der Waals surface area contributed by atoms with E-state index in [0.29, 0.717) is 48.2 Å². The minimum atomic E-state index is 0.0248. The predicted molar refractivity (Wildman–Crippen MR) is 159 cm³/mol. The fourth-order valence-corrected chi connectivity index (χ4v) is 6.98.